The summed E-state index contributed by atoms with van der Waals surface area (Å²) in [5.74, 6) is 0.250. The zero-order valence-electron chi connectivity index (χ0n) is 9.27. The molecule has 0 aliphatic rings. The largest absolute Gasteiger partial charge is 0.390 e. The molecule has 0 aliphatic carbocycles. The summed E-state index contributed by atoms with van der Waals surface area (Å²) >= 11 is 7.25. The molecule has 2 aromatic rings. The van der Waals surface area contributed by atoms with Crippen molar-refractivity contribution in [1.82, 2.24) is 0 Å². The Bertz CT molecular complexity index is 441. The third-order valence-electron chi connectivity index (χ3n) is 2.41. The number of benzene rings is 1. The number of hydrogen-bond donors (Lipinski definition) is 2. The zero-order chi connectivity index (χ0) is 12.1. The standard InChI is InChI=1S/C13H14ClNOS/c14-8-12(16)9-15-11-5-3-10(4-6-11)13-2-1-7-17-13/h1-7,12,15-16H,8-9H2. The van der Waals surface area contributed by atoms with Crippen LogP contribution in [0.3, 0.4) is 0 Å². The van der Waals surface area contributed by atoms with Crippen LogP contribution < -0.4 is 5.32 Å². The summed E-state index contributed by atoms with van der Waals surface area (Å²) in [6.45, 7) is 0.474. The Hall–Kier alpha value is -1.03. The maximum Gasteiger partial charge on any atom is 0.0847 e. The van der Waals surface area contributed by atoms with Gasteiger partial charge < -0.3 is 10.4 Å². The van der Waals surface area contributed by atoms with E-state index in [1.807, 2.05) is 18.2 Å². The molecule has 0 saturated carbocycles. The fraction of sp³-hybridized carbons (Fsp3) is 0.231. The topological polar surface area (TPSA) is 32.3 Å². The third-order valence-corrected chi connectivity index (χ3v) is 3.69. The van der Waals surface area contributed by atoms with Crippen molar-refractivity contribution in [2.75, 3.05) is 17.7 Å². The zero-order valence-corrected chi connectivity index (χ0v) is 10.8. The summed E-state index contributed by atoms with van der Waals surface area (Å²) in [6.07, 6.45) is -0.506. The van der Waals surface area contributed by atoms with Crippen molar-refractivity contribution in [3.63, 3.8) is 0 Å². The lowest BCUT2D eigenvalue weighted by molar-refractivity contribution is 0.211. The van der Waals surface area contributed by atoms with E-state index in [1.54, 1.807) is 11.3 Å². The molecule has 0 aliphatic heterocycles. The van der Waals surface area contributed by atoms with Crippen molar-refractivity contribution in [3.8, 4) is 10.4 Å². The molecule has 1 atom stereocenters. The number of alkyl halides is 1. The molecule has 0 bridgehead atoms. The molecule has 0 saturated heterocycles. The Morgan fingerprint density at radius 1 is 1.24 bits per heavy atom. The van der Waals surface area contributed by atoms with Crippen LogP contribution in [0.4, 0.5) is 5.69 Å². The lowest BCUT2D eigenvalue weighted by atomic mass is 10.2. The minimum absolute atomic E-state index is 0.250. The van der Waals surface area contributed by atoms with E-state index in [0.29, 0.717) is 6.54 Å². The van der Waals surface area contributed by atoms with Gasteiger partial charge in [0, 0.05) is 17.1 Å². The van der Waals surface area contributed by atoms with E-state index in [0.717, 1.165) is 5.69 Å². The maximum atomic E-state index is 9.33. The number of thiophene rings is 1. The molecule has 90 valence electrons. The van der Waals surface area contributed by atoms with Gasteiger partial charge >= 0.3 is 0 Å². The van der Waals surface area contributed by atoms with Gasteiger partial charge in [-0.05, 0) is 29.1 Å². The molecular weight excluding hydrogens is 254 g/mol. The third kappa shape index (κ3) is 3.46. The number of rotatable bonds is 5. The number of anilines is 1. The van der Waals surface area contributed by atoms with Crippen LogP contribution in [0.25, 0.3) is 10.4 Å². The number of hydrogen-bond acceptors (Lipinski definition) is 3. The molecule has 2 rings (SSSR count). The molecule has 2 N–H and O–H groups in total. The van der Waals surface area contributed by atoms with Crippen LogP contribution in [-0.4, -0.2) is 23.6 Å². The summed E-state index contributed by atoms with van der Waals surface area (Å²) in [6, 6.07) is 12.3. The van der Waals surface area contributed by atoms with Gasteiger partial charge in [-0.15, -0.1) is 22.9 Å². The molecule has 17 heavy (non-hydrogen) atoms. The van der Waals surface area contributed by atoms with Gasteiger partial charge in [-0.3, -0.25) is 0 Å². The normalized spacial score (nSPS) is 12.4. The highest BCUT2D eigenvalue weighted by molar-refractivity contribution is 7.13. The van der Waals surface area contributed by atoms with Crippen LogP contribution in [0.5, 0.6) is 0 Å². The molecule has 1 aromatic heterocycles. The smallest absolute Gasteiger partial charge is 0.0847 e. The van der Waals surface area contributed by atoms with Gasteiger partial charge in [-0.1, -0.05) is 18.2 Å². The Morgan fingerprint density at radius 3 is 2.59 bits per heavy atom. The molecule has 1 unspecified atom stereocenters. The quantitative estimate of drug-likeness (QED) is 0.814. The average Bonchev–Trinajstić information content (AvgIpc) is 2.90. The van der Waals surface area contributed by atoms with E-state index in [9.17, 15) is 5.11 Å². The first-order chi connectivity index (χ1) is 8.29. The van der Waals surface area contributed by atoms with Gasteiger partial charge in [0.05, 0.1) is 12.0 Å². The van der Waals surface area contributed by atoms with Gasteiger partial charge in [0.1, 0.15) is 0 Å². The van der Waals surface area contributed by atoms with Crippen LogP contribution in [0.2, 0.25) is 0 Å². The fourth-order valence-electron chi connectivity index (χ4n) is 1.49. The van der Waals surface area contributed by atoms with Crippen molar-refractivity contribution in [2.24, 2.45) is 0 Å². The Kier molecular flexibility index (Phi) is 4.42. The highest BCUT2D eigenvalue weighted by atomic mass is 35.5. The first kappa shape index (κ1) is 12.4. The molecule has 2 nitrogen and oxygen atoms in total. The van der Waals surface area contributed by atoms with E-state index in [-0.39, 0.29) is 5.88 Å². The van der Waals surface area contributed by atoms with E-state index in [1.165, 1.54) is 10.4 Å². The Labute approximate surface area is 110 Å². The van der Waals surface area contributed by atoms with E-state index in [2.05, 4.69) is 28.9 Å². The second kappa shape index (κ2) is 6.05. The fourth-order valence-corrected chi connectivity index (χ4v) is 2.33. The highest BCUT2D eigenvalue weighted by Crippen LogP contribution is 2.25. The van der Waals surface area contributed by atoms with Crippen molar-refractivity contribution < 1.29 is 5.11 Å². The molecule has 1 aromatic carbocycles. The molecule has 0 radical (unpaired) electrons. The lowest BCUT2D eigenvalue weighted by Gasteiger charge is -2.10. The molecule has 0 amide bonds. The number of aliphatic hydroxyl groups is 1. The van der Waals surface area contributed by atoms with Gasteiger partial charge in [0.25, 0.3) is 0 Å². The van der Waals surface area contributed by atoms with Crippen LogP contribution in [-0.2, 0) is 0 Å². The minimum Gasteiger partial charge on any atom is -0.390 e. The van der Waals surface area contributed by atoms with Crippen LogP contribution in [0, 0.1) is 0 Å². The van der Waals surface area contributed by atoms with Crippen molar-refractivity contribution in [1.29, 1.82) is 0 Å². The van der Waals surface area contributed by atoms with Crippen molar-refractivity contribution in [3.05, 3.63) is 41.8 Å². The van der Waals surface area contributed by atoms with E-state index in [4.69, 9.17) is 11.6 Å². The molecule has 0 spiro atoms. The van der Waals surface area contributed by atoms with Gasteiger partial charge in [0.15, 0.2) is 0 Å². The summed E-state index contributed by atoms with van der Waals surface area (Å²) < 4.78 is 0. The maximum absolute atomic E-state index is 9.33. The predicted molar refractivity (Wildman–Crippen MR) is 75.0 cm³/mol. The Balaban J connectivity index is 1.99. The van der Waals surface area contributed by atoms with Crippen LogP contribution >= 0.6 is 22.9 Å². The number of nitrogens with one attached hydrogen (secondary N) is 1. The van der Waals surface area contributed by atoms with Crippen molar-refractivity contribution in [2.45, 2.75) is 6.10 Å². The average molecular weight is 268 g/mol. The van der Waals surface area contributed by atoms with Crippen LogP contribution in [0.15, 0.2) is 41.8 Å². The van der Waals surface area contributed by atoms with Gasteiger partial charge in [0.2, 0.25) is 0 Å². The molecule has 4 heteroatoms. The molecular formula is C13H14ClNOS. The SMILES string of the molecule is OC(CCl)CNc1ccc(-c2cccs2)cc1. The van der Waals surface area contributed by atoms with E-state index < -0.39 is 6.10 Å². The highest BCUT2D eigenvalue weighted by Gasteiger charge is 2.02. The first-order valence-electron chi connectivity index (χ1n) is 5.41. The summed E-state index contributed by atoms with van der Waals surface area (Å²) in [5, 5.41) is 14.5. The number of aliphatic hydroxyl groups excluding tert-OH is 1. The van der Waals surface area contributed by atoms with Gasteiger partial charge in [-0.2, -0.15) is 0 Å². The minimum atomic E-state index is -0.506. The second-order valence-corrected chi connectivity index (χ2v) is 5.00. The van der Waals surface area contributed by atoms with Crippen LogP contribution in [0.1, 0.15) is 0 Å². The molecule has 1 heterocycles. The summed E-state index contributed by atoms with van der Waals surface area (Å²) in [7, 11) is 0. The second-order valence-electron chi connectivity index (χ2n) is 3.74. The molecule has 0 fully saturated rings. The number of halogens is 1. The first-order valence-corrected chi connectivity index (χ1v) is 6.83. The lowest BCUT2D eigenvalue weighted by Crippen LogP contribution is -2.20. The van der Waals surface area contributed by atoms with E-state index >= 15 is 0 Å². The summed E-state index contributed by atoms with van der Waals surface area (Å²) in [5.41, 5.74) is 2.21. The summed E-state index contributed by atoms with van der Waals surface area (Å²) in [4.78, 5) is 1.26. The van der Waals surface area contributed by atoms with Gasteiger partial charge in [-0.25, -0.2) is 0 Å². The Morgan fingerprint density at radius 2 is 2.00 bits per heavy atom. The predicted octanol–water partition coefficient (Wildman–Crippen LogP) is 3.43. The van der Waals surface area contributed by atoms with Crippen molar-refractivity contribution >= 4 is 28.6 Å². The monoisotopic (exact) mass is 267 g/mol.